The van der Waals surface area contributed by atoms with E-state index in [1.54, 1.807) is 16.8 Å². The zero-order valence-corrected chi connectivity index (χ0v) is 18.9. The smallest absolute Gasteiger partial charge is 0.341 e. The summed E-state index contributed by atoms with van der Waals surface area (Å²) >= 11 is 0. The first kappa shape index (κ1) is 21.7. The molecule has 0 atom stereocenters. The minimum absolute atomic E-state index is 0.410. The maximum absolute atomic E-state index is 11.0. The Labute approximate surface area is 197 Å². The van der Waals surface area contributed by atoms with E-state index in [1.165, 1.54) is 5.69 Å². The molecule has 0 unspecified atom stereocenters. The van der Waals surface area contributed by atoms with Crippen LogP contribution in [0.1, 0.15) is 0 Å². The summed E-state index contributed by atoms with van der Waals surface area (Å²) in [7, 11) is 2.15. The number of fused-ring (bicyclic) bond motifs is 1. The molecule has 1 aliphatic heterocycles. The van der Waals surface area contributed by atoms with E-state index in [0.717, 1.165) is 48.6 Å². The van der Waals surface area contributed by atoms with Crippen LogP contribution in [0.25, 0.3) is 16.8 Å². The molecular weight excluding hydrogens is 432 g/mol. The number of nitrogens with one attached hydrogen (secondary N) is 1. The summed E-state index contributed by atoms with van der Waals surface area (Å²) in [5, 5.41) is 16.9. The lowest BCUT2D eigenvalue weighted by atomic mass is 10.1. The molecule has 0 aliphatic carbocycles. The van der Waals surface area contributed by atoms with E-state index in [1.807, 2.05) is 42.5 Å². The van der Waals surface area contributed by atoms with Crippen LogP contribution in [-0.2, 0) is 4.79 Å². The third kappa shape index (κ3) is 4.65. The number of nitrogens with zero attached hydrogens (tertiary/aromatic N) is 5. The molecule has 2 aromatic heterocycles. The maximum Gasteiger partial charge on any atom is 0.341 e. The molecule has 174 valence electrons. The van der Waals surface area contributed by atoms with Gasteiger partial charge in [0.25, 0.3) is 0 Å². The third-order valence-electron chi connectivity index (χ3n) is 5.90. The highest BCUT2D eigenvalue weighted by molar-refractivity contribution is 5.73. The van der Waals surface area contributed by atoms with Gasteiger partial charge in [0.05, 0.1) is 17.4 Å². The van der Waals surface area contributed by atoms with Crippen LogP contribution in [0.5, 0.6) is 5.75 Å². The minimum Gasteiger partial charge on any atom is -0.481 e. The van der Waals surface area contributed by atoms with Crippen LogP contribution in [0, 0.1) is 0 Å². The number of aliphatic carboxylic acids is 1. The van der Waals surface area contributed by atoms with Gasteiger partial charge >= 0.3 is 5.97 Å². The van der Waals surface area contributed by atoms with Crippen molar-refractivity contribution in [3.8, 4) is 17.0 Å². The number of piperazine rings is 1. The van der Waals surface area contributed by atoms with Crippen LogP contribution in [0.2, 0.25) is 0 Å². The van der Waals surface area contributed by atoms with Crippen molar-refractivity contribution in [2.24, 2.45) is 0 Å². The largest absolute Gasteiger partial charge is 0.481 e. The second-order valence-electron chi connectivity index (χ2n) is 8.28. The summed E-state index contributed by atoms with van der Waals surface area (Å²) < 4.78 is 7.26. The monoisotopic (exact) mass is 458 g/mol. The second-order valence-corrected chi connectivity index (χ2v) is 8.28. The lowest BCUT2D eigenvalue weighted by Crippen LogP contribution is -2.44. The van der Waals surface area contributed by atoms with Gasteiger partial charge in [-0.25, -0.2) is 14.3 Å². The van der Waals surface area contributed by atoms with Crippen molar-refractivity contribution in [2.75, 3.05) is 50.1 Å². The van der Waals surface area contributed by atoms with E-state index in [4.69, 9.17) is 9.84 Å². The van der Waals surface area contributed by atoms with Gasteiger partial charge in [0.2, 0.25) is 5.95 Å². The molecule has 5 rings (SSSR count). The normalized spacial score (nSPS) is 14.3. The molecule has 1 aliphatic rings. The topological polar surface area (TPSA) is 95.2 Å². The number of ether oxygens (including phenoxy) is 1. The van der Waals surface area contributed by atoms with Gasteiger partial charge in [0.15, 0.2) is 6.61 Å². The van der Waals surface area contributed by atoms with Crippen molar-refractivity contribution < 1.29 is 14.6 Å². The maximum atomic E-state index is 11.0. The number of benzene rings is 2. The molecule has 0 amide bonds. The van der Waals surface area contributed by atoms with Gasteiger partial charge < -0.3 is 25.0 Å². The molecule has 0 bridgehead atoms. The average molecular weight is 459 g/mol. The van der Waals surface area contributed by atoms with Crippen molar-refractivity contribution in [1.29, 1.82) is 0 Å². The van der Waals surface area contributed by atoms with Gasteiger partial charge in [0, 0.05) is 43.1 Å². The molecule has 0 saturated carbocycles. The van der Waals surface area contributed by atoms with Gasteiger partial charge in [-0.2, -0.15) is 0 Å². The number of aromatic nitrogens is 3. The first-order valence-electron chi connectivity index (χ1n) is 11.2. The number of carbonyl (C=O) groups is 1. The lowest BCUT2D eigenvalue weighted by molar-refractivity contribution is -0.139. The fraction of sp³-hybridized carbons (Fsp3) is 0.240. The predicted molar refractivity (Wildman–Crippen MR) is 131 cm³/mol. The molecule has 34 heavy (non-hydrogen) atoms. The van der Waals surface area contributed by atoms with Crippen molar-refractivity contribution in [3.63, 3.8) is 0 Å². The van der Waals surface area contributed by atoms with Crippen LogP contribution in [0.3, 0.4) is 0 Å². The summed E-state index contributed by atoms with van der Waals surface area (Å²) in [6, 6.07) is 19.5. The van der Waals surface area contributed by atoms with Gasteiger partial charge in [0.1, 0.15) is 5.75 Å². The van der Waals surface area contributed by atoms with E-state index in [0.29, 0.717) is 11.7 Å². The molecule has 1 saturated heterocycles. The molecule has 2 N–H and O–H groups in total. The first-order chi connectivity index (χ1) is 16.6. The molecule has 0 radical (unpaired) electrons. The Bertz CT molecular complexity index is 1300. The summed E-state index contributed by atoms with van der Waals surface area (Å²) in [6.07, 6.45) is 1.75. The predicted octanol–water partition coefficient (Wildman–Crippen LogP) is 3.36. The van der Waals surface area contributed by atoms with Crippen LogP contribution in [0.4, 0.5) is 17.3 Å². The highest BCUT2D eigenvalue weighted by Crippen LogP contribution is 2.31. The second kappa shape index (κ2) is 9.40. The lowest BCUT2D eigenvalue weighted by Gasteiger charge is -2.34. The quantitative estimate of drug-likeness (QED) is 0.435. The number of carboxylic acids is 1. The van der Waals surface area contributed by atoms with Crippen LogP contribution in [-0.4, -0.2) is 70.4 Å². The van der Waals surface area contributed by atoms with Crippen LogP contribution < -0.4 is 15.0 Å². The van der Waals surface area contributed by atoms with Crippen molar-refractivity contribution in [2.45, 2.75) is 0 Å². The molecule has 4 aromatic rings. The molecular formula is C25H26N6O3. The van der Waals surface area contributed by atoms with Crippen molar-refractivity contribution in [1.82, 2.24) is 19.5 Å². The Morgan fingerprint density at radius 3 is 2.56 bits per heavy atom. The summed E-state index contributed by atoms with van der Waals surface area (Å²) in [5.41, 5.74) is 4.47. The SMILES string of the molecule is CN1CCN(c2ccc(Nc3ncc4ccc(-c5ccccc5OCC(=O)O)n4n3)cc2)CC1. The Kier molecular flexibility index (Phi) is 6.01. The number of anilines is 3. The summed E-state index contributed by atoms with van der Waals surface area (Å²) in [6.45, 7) is 3.77. The number of para-hydroxylation sites is 1. The van der Waals surface area contributed by atoms with Gasteiger partial charge in [-0.1, -0.05) is 12.1 Å². The van der Waals surface area contributed by atoms with E-state index >= 15 is 0 Å². The first-order valence-corrected chi connectivity index (χ1v) is 11.2. The van der Waals surface area contributed by atoms with E-state index < -0.39 is 12.6 Å². The average Bonchev–Trinajstić information content (AvgIpc) is 3.27. The number of rotatable bonds is 7. The highest BCUT2D eigenvalue weighted by Gasteiger charge is 2.15. The van der Waals surface area contributed by atoms with Gasteiger partial charge in [-0.05, 0) is 55.6 Å². The Hall–Kier alpha value is -4.11. The molecule has 9 nitrogen and oxygen atoms in total. The Morgan fingerprint density at radius 2 is 1.79 bits per heavy atom. The van der Waals surface area contributed by atoms with Gasteiger partial charge in [-0.3, -0.25) is 0 Å². The van der Waals surface area contributed by atoms with E-state index in [9.17, 15) is 4.79 Å². The number of hydrogen-bond acceptors (Lipinski definition) is 7. The third-order valence-corrected chi connectivity index (χ3v) is 5.90. The summed E-state index contributed by atoms with van der Waals surface area (Å²) in [5.74, 6) is -0.0824. The number of likely N-dealkylation sites (N-methyl/N-ethyl adjacent to an activating group) is 1. The number of hydrogen-bond donors (Lipinski definition) is 2. The Morgan fingerprint density at radius 1 is 1.03 bits per heavy atom. The molecule has 0 spiro atoms. The Balaban J connectivity index is 1.37. The minimum atomic E-state index is -1.03. The zero-order chi connectivity index (χ0) is 23.5. The fourth-order valence-electron chi connectivity index (χ4n) is 4.06. The highest BCUT2D eigenvalue weighted by atomic mass is 16.5. The summed E-state index contributed by atoms with van der Waals surface area (Å²) in [4.78, 5) is 20.1. The number of carboxylic acid groups (broad SMARTS) is 1. The molecule has 9 heteroatoms. The van der Waals surface area contributed by atoms with Crippen molar-refractivity contribution in [3.05, 3.63) is 66.9 Å². The van der Waals surface area contributed by atoms with Crippen LogP contribution in [0.15, 0.2) is 66.9 Å². The zero-order valence-electron chi connectivity index (χ0n) is 18.9. The fourth-order valence-corrected chi connectivity index (χ4v) is 4.06. The molecule has 3 heterocycles. The van der Waals surface area contributed by atoms with E-state index in [-0.39, 0.29) is 0 Å². The molecule has 1 fully saturated rings. The van der Waals surface area contributed by atoms with E-state index in [2.05, 4.69) is 44.4 Å². The molecule has 2 aromatic carbocycles. The van der Waals surface area contributed by atoms with Crippen LogP contribution >= 0.6 is 0 Å². The van der Waals surface area contributed by atoms with Gasteiger partial charge in [-0.15, -0.1) is 5.10 Å². The standard InChI is InChI=1S/C25H26N6O3/c1-29-12-14-30(15-13-29)19-8-6-18(7-9-19)27-25-26-16-20-10-11-22(31(20)28-25)21-4-2-3-5-23(21)34-17-24(32)33/h2-11,16H,12-15,17H2,1H3,(H,27,28)(H,32,33). The van der Waals surface area contributed by atoms with Crippen molar-refractivity contribution >= 4 is 28.8 Å².